The van der Waals surface area contributed by atoms with Crippen molar-refractivity contribution in [3.63, 3.8) is 0 Å². The summed E-state index contributed by atoms with van der Waals surface area (Å²) < 4.78 is 16.7. The monoisotopic (exact) mass is 449 g/mol. The van der Waals surface area contributed by atoms with Crippen LogP contribution in [0.1, 0.15) is 40.9 Å². The number of carbonyl (C=O) groups is 1. The van der Waals surface area contributed by atoms with Gasteiger partial charge in [-0.2, -0.15) is 0 Å². The van der Waals surface area contributed by atoms with Crippen LogP contribution in [0.5, 0.6) is 0 Å². The average molecular weight is 450 g/mol. The third-order valence-corrected chi connectivity index (χ3v) is 5.77. The standard InChI is InChI=1S/C20H21BrFN3O3/c1-11-18(23-15-8-5-12(21)10-14(15)22)17(16-4-3-9-24(16)19(11)26)20(27)25(28-2)13-6-7-13/h5,8,10,13,23H,3-4,6-7,9H2,1-2H3. The summed E-state index contributed by atoms with van der Waals surface area (Å²) in [6.45, 7) is 2.25. The highest BCUT2D eigenvalue weighted by molar-refractivity contribution is 9.10. The van der Waals surface area contributed by atoms with Crippen molar-refractivity contribution in [2.24, 2.45) is 0 Å². The Balaban J connectivity index is 1.88. The van der Waals surface area contributed by atoms with Crippen molar-refractivity contribution in [2.75, 3.05) is 12.4 Å². The largest absolute Gasteiger partial charge is 0.352 e. The lowest BCUT2D eigenvalue weighted by Gasteiger charge is -2.24. The van der Waals surface area contributed by atoms with Crippen molar-refractivity contribution in [1.29, 1.82) is 0 Å². The van der Waals surface area contributed by atoms with Gasteiger partial charge in [-0.3, -0.25) is 14.4 Å². The maximum Gasteiger partial charge on any atom is 0.281 e. The van der Waals surface area contributed by atoms with E-state index >= 15 is 0 Å². The first kappa shape index (κ1) is 19.1. The highest BCUT2D eigenvalue weighted by Crippen LogP contribution is 2.35. The van der Waals surface area contributed by atoms with E-state index in [9.17, 15) is 14.0 Å². The van der Waals surface area contributed by atoms with E-state index < -0.39 is 5.82 Å². The Bertz CT molecular complexity index is 1020. The Morgan fingerprint density at radius 3 is 2.79 bits per heavy atom. The summed E-state index contributed by atoms with van der Waals surface area (Å²) in [6.07, 6.45) is 3.19. The fourth-order valence-corrected chi connectivity index (χ4v) is 4.06. The predicted molar refractivity (Wildman–Crippen MR) is 107 cm³/mol. The summed E-state index contributed by atoms with van der Waals surface area (Å²) in [5.74, 6) is -0.766. The van der Waals surface area contributed by atoms with E-state index in [1.165, 1.54) is 18.2 Å². The summed E-state index contributed by atoms with van der Waals surface area (Å²) in [6, 6.07) is 4.66. The molecule has 1 aliphatic carbocycles. The molecule has 28 heavy (non-hydrogen) atoms. The fraction of sp³-hybridized carbons (Fsp3) is 0.400. The van der Waals surface area contributed by atoms with Crippen LogP contribution in [0.25, 0.3) is 0 Å². The van der Waals surface area contributed by atoms with Crippen LogP contribution in [-0.2, 0) is 17.8 Å². The van der Waals surface area contributed by atoms with Gasteiger partial charge in [-0.05, 0) is 50.8 Å². The Labute approximate surface area is 170 Å². The topological polar surface area (TPSA) is 63.6 Å². The summed E-state index contributed by atoms with van der Waals surface area (Å²) in [7, 11) is 1.47. The Kier molecular flexibility index (Phi) is 5.01. The molecule has 6 nitrogen and oxygen atoms in total. The summed E-state index contributed by atoms with van der Waals surface area (Å²) in [4.78, 5) is 31.6. The maximum atomic E-state index is 14.4. The molecule has 0 bridgehead atoms. The number of pyridine rings is 1. The minimum atomic E-state index is -0.474. The minimum Gasteiger partial charge on any atom is -0.352 e. The van der Waals surface area contributed by atoms with E-state index in [4.69, 9.17) is 4.84 Å². The van der Waals surface area contributed by atoms with E-state index in [2.05, 4.69) is 21.2 Å². The van der Waals surface area contributed by atoms with Crippen molar-refractivity contribution in [2.45, 2.75) is 45.2 Å². The molecular formula is C20H21BrFN3O3. The predicted octanol–water partition coefficient (Wildman–Crippen LogP) is 3.91. The number of aromatic nitrogens is 1. The number of anilines is 2. The van der Waals surface area contributed by atoms with Crippen molar-refractivity contribution in [3.05, 3.63) is 55.7 Å². The molecule has 1 amide bonds. The third kappa shape index (κ3) is 3.24. The fourth-order valence-electron chi connectivity index (χ4n) is 3.73. The zero-order chi connectivity index (χ0) is 20.0. The van der Waals surface area contributed by atoms with Crippen molar-refractivity contribution in [3.8, 4) is 0 Å². The van der Waals surface area contributed by atoms with Crippen LogP contribution < -0.4 is 10.9 Å². The Hall–Kier alpha value is -2.19. The molecule has 0 spiro atoms. The highest BCUT2D eigenvalue weighted by Gasteiger charge is 2.37. The van der Waals surface area contributed by atoms with Crippen LogP contribution in [0.15, 0.2) is 27.5 Å². The molecule has 1 aromatic heterocycles. The lowest BCUT2D eigenvalue weighted by molar-refractivity contribution is -0.102. The molecule has 2 aromatic rings. The lowest BCUT2D eigenvalue weighted by Crippen LogP contribution is -2.35. The molecule has 148 valence electrons. The van der Waals surface area contributed by atoms with Gasteiger partial charge in [0, 0.05) is 22.3 Å². The average Bonchev–Trinajstić information content (AvgIpc) is 3.37. The minimum absolute atomic E-state index is 0.0454. The molecule has 1 N–H and O–H groups in total. The van der Waals surface area contributed by atoms with Gasteiger partial charge >= 0.3 is 0 Å². The van der Waals surface area contributed by atoms with Gasteiger partial charge in [-0.25, -0.2) is 9.45 Å². The van der Waals surface area contributed by atoms with Gasteiger partial charge in [0.1, 0.15) is 5.82 Å². The molecule has 1 fully saturated rings. The van der Waals surface area contributed by atoms with E-state index in [1.807, 2.05) is 0 Å². The molecule has 1 aromatic carbocycles. The molecule has 4 rings (SSSR count). The number of hydrogen-bond acceptors (Lipinski definition) is 4. The van der Waals surface area contributed by atoms with Crippen LogP contribution in [0.4, 0.5) is 15.8 Å². The molecule has 0 atom stereocenters. The summed E-state index contributed by atoms with van der Waals surface area (Å²) in [5, 5.41) is 4.39. The molecule has 1 aliphatic heterocycles. The van der Waals surface area contributed by atoms with Gasteiger partial charge in [0.05, 0.1) is 30.1 Å². The smallest absolute Gasteiger partial charge is 0.281 e. The van der Waals surface area contributed by atoms with Crippen molar-refractivity contribution < 1.29 is 14.0 Å². The SMILES string of the molecule is CON(C(=O)c1c(Nc2ccc(Br)cc2F)c(C)c(=O)n2c1CCC2)C1CC1. The quantitative estimate of drug-likeness (QED) is 0.702. The van der Waals surface area contributed by atoms with E-state index in [0.717, 1.165) is 19.3 Å². The number of hydrogen-bond donors (Lipinski definition) is 1. The number of nitrogens with one attached hydrogen (secondary N) is 1. The zero-order valence-electron chi connectivity index (χ0n) is 15.7. The van der Waals surface area contributed by atoms with Crippen LogP contribution in [0.2, 0.25) is 0 Å². The molecule has 0 saturated heterocycles. The second kappa shape index (κ2) is 7.33. The van der Waals surface area contributed by atoms with Crippen LogP contribution in [0, 0.1) is 12.7 Å². The first-order valence-corrected chi connectivity index (χ1v) is 10.1. The number of rotatable bonds is 5. The van der Waals surface area contributed by atoms with E-state index in [1.54, 1.807) is 23.6 Å². The lowest BCUT2D eigenvalue weighted by atomic mass is 10.0. The number of nitrogens with zero attached hydrogens (tertiary/aromatic N) is 2. The highest BCUT2D eigenvalue weighted by atomic mass is 79.9. The molecule has 2 aliphatic rings. The molecule has 8 heteroatoms. The van der Waals surface area contributed by atoms with E-state index in [-0.39, 0.29) is 23.2 Å². The van der Waals surface area contributed by atoms with Gasteiger partial charge in [0.15, 0.2) is 0 Å². The molecule has 0 unspecified atom stereocenters. The van der Waals surface area contributed by atoms with Crippen LogP contribution >= 0.6 is 15.9 Å². The normalized spacial score (nSPS) is 15.4. The molecular weight excluding hydrogens is 429 g/mol. The number of halogens is 2. The van der Waals surface area contributed by atoms with Gasteiger partial charge in [-0.15, -0.1) is 0 Å². The van der Waals surface area contributed by atoms with Crippen molar-refractivity contribution in [1.82, 2.24) is 9.63 Å². The second-order valence-corrected chi connectivity index (χ2v) is 8.09. The first-order valence-electron chi connectivity index (χ1n) is 9.28. The van der Waals surface area contributed by atoms with Gasteiger partial charge in [0.2, 0.25) is 0 Å². The van der Waals surface area contributed by atoms with Crippen LogP contribution in [-0.4, -0.2) is 28.7 Å². The number of benzene rings is 1. The maximum absolute atomic E-state index is 14.4. The Morgan fingerprint density at radius 2 is 2.14 bits per heavy atom. The summed E-state index contributed by atoms with van der Waals surface area (Å²) >= 11 is 3.24. The van der Waals surface area contributed by atoms with Gasteiger partial charge < -0.3 is 9.88 Å². The zero-order valence-corrected chi connectivity index (χ0v) is 17.3. The van der Waals surface area contributed by atoms with E-state index in [0.29, 0.717) is 39.9 Å². The Morgan fingerprint density at radius 1 is 1.39 bits per heavy atom. The first-order chi connectivity index (χ1) is 13.4. The number of hydroxylamine groups is 2. The van der Waals surface area contributed by atoms with Gasteiger partial charge in [0.25, 0.3) is 11.5 Å². The molecule has 0 radical (unpaired) electrons. The van der Waals surface area contributed by atoms with Gasteiger partial charge in [-0.1, -0.05) is 15.9 Å². The van der Waals surface area contributed by atoms with Crippen molar-refractivity contribution >= 4 is 33.2 Å². The molecule has 2 heterocycles. The number of carbonyl (C=O) groups excluding carboxylic acids is 1. The third-order valence-electron chi connectivity index (χ3n) is 5.28. The summed E-state index contributed by atoms with van der Waals surface area (Å²) in [5.41, 5.74) is 1.88. The number of fused-ring (bicyclic) bond motifs is 1. The second-order valence-electron chi connectivity index (χ2n) is 7.18. The van der Waals surface area contributed by atoms with Crippen LogP contribution in [0.3, 0.4) is 0 Å². The molecule has 1 saturated carbocycles. The number of amides is 1.